The van der Waals surface area contributed by atoms with Gasteiger partial charge in [-0.05, 0) is 33.0 Å². The van der Waals surface area contributed by atoms with Crippen LogP contribution in [-0.4, -0.2) is 38.8 Å². The number of aliphatic carboxylic acids is 1. The minimum Gasteiger partial charge on any atom is -0.480 e. The van der Waals surface area contributed by atoms with E-state index in [-0.39, 0.29) is 11.2 Å². The molecule has 0 bridgehead atoms. The van der Waals surface area contributed by atoms with Gasteiger partial charge in [0.25, 0.3) is 5.56 Å². The number of alkyl carbamates (subject to hydrolysis) is 1. The number of aromatic nitrogens is 2. The zero-order valence-corrected chi connectivity index (χ0v) is 12.7. The van der Waals surface area contributed by atoms with Gasteiger partial charge >= 0.3 is 12.1 Å². The lowest BCUT2D eigenvalue weighted by atomic mass is 10.1. The molecule has 1 heterocycles. The molecule has 9 heteroatoms. The number of carboxylic acids is 1. The molecular weight excluding hydrogens is 298 g/mol. The van der Waals surface area contributed by atoms with Crippen LogP contribution < -0.4 is 10.9 Å². The molecule has 0 saturated heterocycles. The van der Waals surface area contributed by atoms with Gasteiger partial charge in [0.1, 0.15) is 11.6 Å². The monoisotopic (exact) mass is 315 g/mol. The molecule has 1 amide bonds. The number of rotatable bonds is 4. The van der Waals surface area contributed by atoms with Crippen LogP contribution in [0.25, 0.3) is 0 Å². The fourth-order valence-electron chi connectivity index (χ4n) is 1.50. The van der Waals surface area contributed by atoms with Crippen molar-refractivity contribution in [2.45, 2.75) is 38.8 Å². The predicted octanol–water partition coefficient (Wildman–Crippen LogP) is 0.953. The lowest BCUT2D eigenvalue weighted by Crippen LogP contribution is -2.44. The summed E-state index contributed by atoms with van der Waals surface area (Å²) in [4.78, 5) is 39.0. The van der Waals surface area contributed by atoms with Crippen molar-refractivity contribution in [2.75, 3.05) is 0 Å². The zero-order valence-electron chi connectivity index (χ0n) is 11.9. The van der Waals surface area contributed by atoms with Crippen LogP contribution in [0.15, 0.2) is 10.9 Å². The Labute approximate surface area is 125 Å². The lowest BCUT2D eigenvalue weighted by Gasteiger charge is -2.21. The van der Waals surface area contributed by atoms with E-state index in [1.165, 1.54) is 6.07 Å². The number of carbonyl (C=O) groups is 2. The van der Waals surface area contributed by atoms with Crippen molar-refractivity contribution in [2.24, 2.45) is 0 Å². The van der Waals surface area contributed by atoms with Crippen molar-refractivity contribution < 1.29 is 19.4 Å². The molecule has 1 atom stereocenters. The Morgan fingerprint density at radius 1 is 1.43 bits per heavy atom. The normalized spacial score (nSPS) is 12.5. The largest absolute Gasteiger partial charge is 0.480 e. The van der Waals surface area contributed by atoms with E-state index in [1.54, 1.807) is 20.8 Å². The van der Waals surface area contributed by atoms with E-state index in [1.807, 2.05) is 0 Å². The van der Waals surface area contributed by atoms with Crippen LogP contribution in [0.3, 0.4) is 0 Å². The number of amides is 1. The van der Waals surface area contributed by atoms with Gasteiger partial charge in [0, 0.05) is 18.2 Å². The molecule has 0 radical (unpaired) electrons. The fraction of sp³-hybridized carbons (Fsp3) is 0.500. The van der Waals surface area contributed by atoms with E-state index in [0.29, 0.717) is 5.69 Å². The first kappa shape index (κ1) is 16.9. The summed E-state index contributed by atoms with van der Waals surface area (Å²) in [5.41, 5.74) is -0.890. The van der Waals surface area contributed by atoms with Gasteiger partial charge in [0.15, 0.2) is 4.77 Å². The van der Waals surface area contributed by atoms with Gasteiger partial charge < -0.3 is 20.1 Å². The summed E-state index contributed by atoms with van der Waals surface area (Å²) in [6, 6.07) is -0.0602. The highest BCUT2D eigenvalue weighted by atomic mass is 32.1. The molecule has 0 fully saturated rings. The van der Waals surface area contributed by atoms with E-state index in [2.05, 4.69) is 15.3 Å². The molecule has 21 heavy (non-hydrogen) atoms. The average molecular weight is 315 g/mol. The van der Waals surface area contributed by atoms with E-state index in [4.69, 9.17) is 22.1 Å². The number of hydrogen-bond acceptors (Lipinski definition) is 5. The zero-order chi connectivity index (χ0) is 16.2. The lowest BCUT2D eigenvalue weighted by molar-refractivity contribution is -0.139. The van der Waals surface area contributed by atoms with Crippen LogP contribution >= 0.6 is 12.2 Å². The van der Waals surface area contributed by atoms with Crippen LogP contribution in [0.2, 0.25) is 0 Å². The summed E-state index contributed by atoms with van der Waals surface area (Å²) in [5.74, 6) is -1.25. The van der Waals surface area contributed by atoms with Gasteiger partial charge in [0.2, 0.25) is 0 Å². The third-order valence-electron chi connectivity index (χ3n) is 2.23. The van der Waals surface area contributed by atoms with Gasteiger partial charge in [-0.3, -0.25) is 9.78 Å². The van der Waals surface area contributed by atoms with Crippen molar-refractivity contribution in [1.29, 1.82) is 0 Å². The molecule has 1 unspecified atom stereocenters. The number of H-pyrrole nitrogens is 2. The molecule has 116 valence electrons. The van der Waals surface area contributed by atoms with Gasteiger partial charge in [-0.2, -0.15) is 0 Å². The molecule has 1 aromatic rings. The summed E-state index contributed by atoms with van der Waals surface area (Å²) in [5, 5.41) is 11.4. The molecule has 0 aliphatic heterocycles. The molecule has 8 nitrogen and oxygen atoms in total. The Morgan fingerprint density at radius 2 is 2.05 bits per heavy atom. The maximum Gasteiger partial charge on any atom is 0.408 e. The van der Waals surface area contributed by atoms with Crippen molar-refractivity contribution >= 4 is 24.3 Å². The van der Waals surface area contributed by atoms with E-state index in [9.17, 15) is 14.4 Å². The van der Waals surface area contributed by atoms with E-state index < -0.39 is 29.3 Å². The van der Waals surface area contributed by atoms with Crippen LogP contribution in [0.5, 0.6) is 0 Å². The first-order valence-electron chi connectivity index (χ1n) is 6.11. The second kappa shape index (κ2) is 6.53. The second-order valence-corrected chi connectivity index (χ2v) is 5.76. The smallest absolute Gasteiger partial charge is 0.408 e. The molecule has 0 spiro atoms. The van der Waals surface area contributed by atoms with Crippen LogP contribution in [0, 0.1) is 4.77 Å². The van der Waals surface area contributed by atoms with Crippen molar-refractivity contribution in [3.05, 3.63) is 26.9 Å². The molecule has 4 N–H and O–H groups in total. The quantitative estimate of drug-likeness (QED) is 0.613. The van der Waals surface area contributed by atoms with E-state index in [0.717, 1.165) is 0 Å². The van der Waals surface area contributed by atoms with E-state index >= 15 is 0 Å². The number of nitrogens with one attached hydrogen (secondary N) is 3. The Balaban J connectivity index is 2.83. The average Bonchev–Trinajstić information content (AvgIpc) is 2.23. The summed E-state index contributed by atoms with van der Waals surface area (Å²) in [7, 11) is 0. The Kier molecular flexibility index (Phi) is 5.25. The number of carbonyl (C=O) groups excluding carboxylic acids is 1. The minimum absolute atomic E-state index is 0.0823. The predicted molar refractivity (Wildman–Crippen MR) is 76.7 cm³/mol. The third-order valence-corrected chi connectivity index (χ3v) is 2.43. The third kappa shape index (κ3) is 6.21. The fourth-order valence-corrected chi connectivity index (χ4v) is 1.73. The highest BCUT2D eigenvalue weighted by Crippen LogP contribution is 2.07. The summed E-state index contributed by atoms with van der Waals surface area (Å²) >= 11 is 4.79. The molecule has 1 aromatic heterocycles. The van der Waals surface area contributed by atoms with Crippen LogP contribution in [0.1, 0.15) is 26.5 Å². The van der Waals surface area contributed by atoms with Crippen LogP contribution in [-0.2, 0) is 16.0 Å². The number of ether oxygens (including phenoxy) is 1. The summed E-state index contributed by atoms with van der Waals surface area (Å²) in [6.45, 7) is 4.99. The number of hydrogen-bond donors (Lipinski definition) is 4. The van der Waals surface area contributed by atoms with Gasteiger partial charge in [-0.1, -0.05) is 0 Å². The van der Waals surface area contributed by atoms with Gasteiger partial charge in [0.05, 0.1) is 0 Å². The molecule has 0 aromatic carbocycles. The highest BCUT2D eigenvalue weighted by molar-refractivity contribution is 7.71. The van der Waals surface area contributed by atoms with Crippen molar-refractivity contribution in [3.8, 4) is 0 Å². The summed E-state index contributed by atoms with van der Waals surface area (Å²) < 4.78 is 5.07. The minimum atomic E-state index is -1.25. The Hall–Kier alpha value is -2.16. The molecule has 0 aliphatic rings. The standard InChI is InChI=1S/C12H17N3O5S/c1-12(2,3)20-11(19)14-7(9(17)18)4-6-5-8(16)15-10(21)13-6/h5,7H,4H2,1-3H3,(H,14,19)(H,17,18)(H2,13,15,16,21). The first-order valence-corrected chi connectivity index (χ1v) is 6.52. The number of aromatic amines is 2. The first-order chi connectivity index (χ1) is 9.56. The van der Waals surface area contributed by atoms with Crippen molar-refractivity contribution in [1.82, 2.24) is 15.3 Å². The Morgan fingerprint density at radius 3 is 2.52 bits per heavy atom. The molecule has 0 saturated carbocycles. The molecular formula is C12H17N3O5S. The topological polar surface area (TPSA) is 124 Å². The number of carboxylic acid groups (broad SMARTS) is 1. The maximum atomic E-state index is 11.6. The SMILES string of the molecule is CC(C)(C)OC(=O)NC(Cc1cc(=O)[nH]c(=S)[nH]1)C(=O)O. The van der Waals surface area contributed by atoms with Crippen LogP contribution in [0.4, 0.5) is 4.79 Å². The maximum absolute atomic E-state index is 11.6. The highest BCUT2D eigenvalue weighted by Gasteiger charge is 2.24. The van der Waals surface area contributed by atoms with Gasteiger partial charge in [-0.25, -0.2) is 9.59 Å². The van der Waals surface area contributed by atoms with Gasteiger partial charge in [-0.15, -0.1) is 0 Å². The molecule has 0 aliphatic carbocycles. The van der Waals surface area contributed by atoms with Crippen molar-refractivity contribution in [3.63, 3.8) is 0 Å². The Bertz CT molecular complexity index is 615. The summed E-state index contributed by atoms with van der Waals surface area (Å²) in [6.07, 6.45) is -0.972. The molecule has 1 rings (SSSR count). The second-order valence-electron chi connectivity index (χ2n) is 5.35.